The molecule has 6 nitrogen and oxygen atoms in total. The maximum absolute atomic E-state index is 13.7. The second-order valence-electron chi connectivity index (χ2n) is 7.89. The molecule has 0 saturated heterocycles. The molecule has 0 radical (unpaired) electrons. The predicted molar refractivity (Wildman–Crippen MR) is 127 cm³/mol. The van der Waals surface area contributed by atoms with E-state index in [4.69, 9.17) is 14.2 Å². The minimum atomic E-state index is -2.89. The summed E-state index contributed by atoms with van der Waals surface area (Å²) in [6, 6.07) is 13.4. The summed E-state index contributed by atoms with van der Waals surface area (Å²) in [6.07, 6.45) is -0.808. The van der Waals surface area contributed by atoms with Crippen LogP contribution in [0.15, 0.2) is 61.4 Å². The van der Waals surface area contributed by atoms with Gasteiger partial charge in [-0.25, -0.2) is 4.39 Å². The van der Waals surface area contributed by atoms with Gasteiger partial charge in [0.05, 0.1) is 30.0 Å². The summed E-state index contributed by atoms with van der Waals surface area (Å²) in [4.78, 5) is 16.9. The van der Waals surface area contributed by atoms with Crippen LogP contribution in [0.2, 0.25) is 0 Å². The molecular weight excluding hydrogens is 444 g/mol. The van der Waals surface area contributed by atoms with Crippen LogP contribution in [0.1, 0.15) is 43.1 Å². The van der Waals surface area contributed by atoms with E-state index in [2.05, 4.69) is 6.58 Å². The van der Waals surface area contributed by atoms with Crippen LogP contribution in [0.4, 0.5) is 4.39 Å². The number of esters is 1. The maximum atomic E-state index is 13.7. The molecule has 0 fully saturated rings. The number of hydrogen-bond donors (Lipinski definition) is 1. The summed E-state index contributed by atoms with van der Waals surface area (Å²) in [5.74, 6) is -1.21. The van der Waals surface area contributed by atoms with Gasteiger partial charge in [0.25, 0.3) is 0 Å². The Labute approximate surface area is 192 Å². The molecular formula is C25H27FNO5P. The SMILES string of the molecule is C=COC(=O)CC(O)C(c1c(C(C)C)nc2ccccc2c1-c1ccc(F)cc1)[PH](=O)OC. The van der Waals surface area contributed by atoms with E-state index in [0.29, 0.717) is 27.9 Å². The molecule has 0 spiro atoms. The molecule has 0 aliphatic rings. The fourth-order valence-electron chi connectivity index (χ4n) is 3.95. The van der Waals surface area contributed by atoms with E-state index >= 15 is 0 Å². The molecule has 174 valence electrons. The van der Waals surface area contributed by atoms with E-state index in [1.54, 1.807) is 12.1 Å². The molecule has 3 unspecified atom stereocenters. The van der Waals surface area contributed by atoms with Crippen LogP contribution >= 0.6 is 8.03 Å². The molecule has 0 bridgehead atoms. The average molecular weight is 471 g/mol. The zero-order chi connectivity index (χ0) is 24.1. The molecule has 3 aromatic rings. The zero-order valence-corrected chi connectivity index (χ0v) is 19.7. The number of aliphatic hydroxyl groups is 1. The van der Waals surface area contributed by atoms with Gasteiger partial charge in [-0.15, -0.1) is 0 Å². The third-order valence-corrected chi connectivity index (χ3v) is 6.96. The zero-order valence-electron chi connectivity index (χ0n) is 18.7. The number of ether oxygens (including phenoxy) is 1. The molecule has 3 atom stereocenters. The highest BCUT2D eigenvalue weighted by molar-refractivity contribution is 7.39. The van der Waals surface area contributed by atoms with Gasteiger partial charge in [-0.05, 0) is 40.8 Å². The predicted octanol–water partition coefficient (Wildman–Crippen LogP) is 5.76. The van der Waals surface area contributed by atoms with E-state index in [9.17, 15) is 18.9 Å². The van der Waals surface area contributed by atoms with E-state index in [1.807, 2.05) is 38.1 Å². The van der Waals surface area contributed by atoms with Gasteiger partial charge in [-0.2, -0.15) is 0 Å². The van der Waals surface area contributed by atoms with Crippen LogP contribution in [0.25, 0.3) is 22.0 Å². The molecule has 1 heterocycles. The lowest BCUT2D eigenvalue weighted by Gasteiger charge is -2.28. The Kier molecular flexibility index (Phi) is 8.14. The first-order chi connectivity index (χ1) is 15.8. The topological polar surface area (TPSA) is 85.7 Å². The van der Waals surface area contributed by atoms with Crippen LogP contribution in [-0.4, -0.2) is 29.3 Å². The lowest BCUT2D eigenvalue weighted by atomic mass is 9.87. The fourth-order valence-corrected chi connectivity index (χ4v) is 5.17. The second-order valence-corrected chi connectivity index (χ2v) is 9.56. The van der Waals surface area contributed by atoms with Gasteiger partial charge in [0, 0.05) is 18.2 Å². The van der Waals surface area contributed by atoms with E-state index in [-0.39, 0.29) is 5.92 Å². The van der Waals surface area contributed by atoms with Crippen molar-refractivity contribution in [1.29, 1.82) is 0 Å². The van der Waals surface area contributed by atoms with Gasteiger partial charge in [-0.1, -0.05) is 50.8 Å². The Hall–Kier alpha value is -2.86. The van der Waals surface area contributed by atoms with Gasteiger partial charge in [0.15, 0.2) is 0 Å². The first kappa shape index (κ1) is 24.8. The molecule has 0 saturated carbocycles. The molecule has 2 aromatic carbocycles. The number of carbonyl (C=O) groups excluding carboxylic acids is 1. The van der Waals surface area contributed by atoms with Gasteiger partial charge in [0.1, 0.15) is 5.82 Å². The summed E-state index contributed by atoms with van der Waals surface area (Å²) < 4.78 is 36.9. The minimum absolute atomic E-state index is 0.106. The van der Waals surface area contributed by atoms with Gasteiger partial charge in [0.2, 0.25) is 8.03 Å². The van der Waals surface area contributed by atoms with Crippen molar-refractivity contribution in [2.45, 2.75) is 37.9 Å². The number of nitrogens with zero attached hydrogens (tertiary/aromatic N) is 1. The van der Waals surface area contributed by atoms with Gasteiger partial charge in [-0.3, -0.25) is 14.3 Å². The van der Waals surface area contributed by atoms with Crippen LogP contribution in [0, 0.1) is 5.82 Å². The van der Waals surface area contributed by atoms with Crippen molar-refractivity contribution in [3.63, 3.8) is 0 Å². The Morgan fingerprint density at radius 3 is 2.48 bits per heavy atom. The summed E-state index contributed by atoms with van der Waals surface area (Å²) in [7, 11) is -1.59. The largest absolute Gasteiger partial charge is 0.435 e. The maximum Gasteiger partial charge on any atom is 0.313 e. The Morgan fingerprint density at radius 2 is 1.88 bits per heavy atom. The molecule has 3 rings (SSSR count). The number of fused-ring (bicyclic) bond motifs is 1. The number of para-hydroxylation sites is 1. The monoisotopic (exact) mass is 471 g/mol. The van der Waals surface area contributed by atoms with Crippen molar-refractivity contribution in [2.24, 2.45) is 0 Å². The molecule has 8 heteroatoms. The molecule has 33 heavy (non-hydrogen) atoms. The summed E-state index contributed by atoms with van der Waals surface area (Å²) in [6.45, 7) is 7.23. The smallest absolute Gasteiger partial charge is 0.313 e. The molecule has 1 N–H and O–H groups in total. The highest BCUT2D eigenvalue weighted by Gasteiger charge is 2.35. The third-order valence-electron chi connectivity index (χ3n) is 5.38. The number of halogens is 1. The Morgan fingerprint density at radius 1 is 1.21 bits per heavy atom. The number of rotatable bonds is 9. The fraction of sp³-hybridized carbons (Fsp3) is 0.280. The van der Waals surface area contributed by atoms with Crippen LogP contribution in [0.3, 0.4) is 0 Å². The highest BCUT2D eigenvalue weighted by Crippen LogP contribution is 2.51. The van der Waals surface area contributed by atoms with Crippen molar-refractivity contribution < 1.29 is 28.1 Å². The number of carbonyl (C=O) groups is 1. The van der Waals surface area contributed by atoms with Crippen LogP contribution in [0.5, 0.6) is 0 Å². The number of benzene rings is 2. The average Bonchev–Trinajstić information content (AvgIpc) is 2.79. The van der Waals surface area contributed by atoms with Crippen molar-refractivity contribution in [3.05, 3.63) is 78.4 Å². The number of hydrogen-bond acceptors (Lipinski definition) is 6. The third kappa shape index (κ3) is 5.38. The van der Waals surface area contributed by atoms with Gasteiger partial charge < -0.3 is 14.4 Å². The van der Waals surface area contributed by atoms with Crippen molar-refractivity contribution in [2.75, 3.05) is 7.11 Å². The lowest BCUT2D eigenvalue weighted by molar-refractivity contribution is -0.140. The first-order valence-corrected chi connectivity index (χ1v) is 11.9. The van der Waals surface area contributed by atoms with Crippen LogP contribution < -0.4 is 0 Å². The van der Waals surface area contributed by atoms with E-state index in [0.717, 1.165) is 11.6 Å². The summed E-state index contributed by atoms with van der Waals surface area (Å²) >= 11 is 0. The second kappa shape index (κ2) is 10.8. The molecule has 0 amide bonds. The summed E-state index contributed by atoms with van der Waals surface area (Å²) in [5.41, 5.74) is 2.13. The van der Waals surface area contributed by atoms with Crippen molar-refractivity contribution >= 4 is 24.9 Å². The summed E-state index contributed by atoms with van der Waals surface area (Å²) in [5, 5.41) is 11.8. The standard InChI is InChI=1S/C25H27FNO5P/c1-5-32-21(29)14-20(28)25(33(30)31-4)23-22(16-10-12-17(26)13-11-16)18-8-6-7-9-19(18)27-24(23)15(2)3/h5-13,15,20,25,28,33H,1,14H2,2-4H3. The van der Waals surface area contributed by atoms with Crippen molar-refractivity contribution in [1.82, 2.24) is 4.98 Å². The number of pyridine rings is 1. The Bertz CT molecular complexity index is 1180. The molecule has 0 aliphatic carbocycles. The first-order valence-electron chi connectivity index (χ1n) is 10.5. The highest BCUT2D eigenvalue weighted by atomic mass is 31.1. The quantitative estimate of drug-likeness (QED) is 0.242. The molecule has 0 aliphatic heterocycles. The minimum Gasteiger partial charge on any atom is -0.435 e. The van der Waals surface area contributed by atoms with E-state index < -0.39 is 38.0 Å². The number of aromatic nitrogens is 1. The Balaban J connectivity index is 2.38. The van der Waals surface area contributed by atoms with Crippen LogP contribution in [-0.2, 0) is 18.6 Å². The normalized spacial score (nSPS) is 14.1. The lowest BCUT2D eigenvalue weighted by Crippen LogP contribution is -2.23. The molecule has 1 aromatic heterocycles. The van der Waals surface area contributed by atoms with Gasteiger partial charge >= 0.3 is 5.97 Å². The van der Waals surface area contributed by atoms with Crippen molar-refractivity contribution in [3.8, 4) is 11.1 Å². The van der Waals surface area contributed by atoms with E-state index in [1.165, 1.54) is 19.2 Å². The number of aliphatic hydroxyl groups excluding tert-OH is 1.